The Morgan fingerprint density at radius 3 is 2.57 bits per heavy atom. The van der Waals surface area contributed by atoms with Crippen molar-refractivity contribution in [2.45, 2.75) is 27.2 Å². The SMILES string of the molecule is CCNC(=NCCOC)NCCc1c(C)nn(C)c1C.I. The molecule has 1 rings (SSSR count). The van der Waals surface area contributed by atoms with Crippen molar-refractivity contribution in [3.63, 3.8) is 0 Å². The maximum absolute atomic E-state index is 5.00. The highest BCUT2D eigenvalue weighted by molar-refractivity contribution is 14.0. The quantitative estimate of drug-likeness (QED) is 0.309. The second-order valence-electron chi connectivity index (χ2n) is 4.70. The zero-order valence-corrected chi connectivity index (χ0v) is 16.0. The maximum atomic E-state index is 5.00. The fourth-order valence-corrected chi connectivity index (χ4v) is 2.08. The highest BCUT2D eigenvalue weighted by Gasteiger charge is 2.08. The number of nitrogens with zero attached hydrogens (tertiary/aromatic N) is 3. The molecule has 1 aromatic rings. The number of aromatic nitrogens is 2. The lowest BCUT2D eigenvalue weighted by Gasteiger charge is -2.11. The number of methoxy groups -OCH3 is 1. The molecule has 7 heteroatoms. The number of aryl methyl sites for hydroxylation is 2. The number of guanidine groups is 1. The van der Waals surface area contributed by atoms with Crippen LogP contribution in [0.2, 0.25) is 0 Å². The van der Waals surface area contributed by atoms with Gasteiger partial charge in [-0.05, 0) is 32.8 Å². The van der Waals surface area contributed by atoms with Gasteiger partial charge in [0.05, 0.1) is 18.8 Å². The lowest BCUT2D eigenvalue weighted by molar-refractivity contribution is 0.208. The summed E-state index contributed by atoms with van der Waals surface area (Å²) in [5.41, 5.74) is 3.64. The number of nitrogens with one attached hydrogen (secondary N) is 2. The van der Waals surface area contributed by atoms with Crippen molar-refractivity contribution in [1.29, 1.82) is 0 Å². The van der Waals surface area contributed by atoms with E-state index in [0.29, 0.717) is 13.2 Å². The van der Waals surface area contributed by atoms with Crippen LogP contribution in [0.5, 0.6) is 0 Å². The van der Waals surface area contributed by atoms with Crippen molar-refractivity contribution >= 4 is 29.9 Å². The van der Waals surface area contributed by atoms with Gasteiger partial charge in [-0.3, -0.25) is 9.67 Å². The molecule has 0 aliphatic rings. The average Bonchev–Trinajstić information content (AvgIpc) is 2.65. The zero-order valence-electron chi connectivity index (χ0n) is 13.7. The van der Waals surface area contributed by atoms with Crippen molar-refractivity contribution in [3.05, 3.63) is 17.0 Å². The molecule has 0 aliphatic heterocycles. The Bertz CT molecular complexity index is 445. The molecule has 0 unspecified atom stereocenters. The largest absolute Gasteiger partial charge is 0.383 e. The lowest BCUT2D eigenvalue weighted by atomic mass is 10.1. The van der Waals surface area contributed by atoms with Gasteiger partial charge in [0.2, 0.25) is 0 Å². The van der Waals surface area contributed by atoms with Crippen LogP contribution >= 0.6 is 24.0 Å². The van der Waals surface area contributed by atoms with Crippen LogP contribution in [0, 0.1) is 13.8 Å². The second kappa shape index (κ2) is 10.8. The van der Waals surface area contributed by atoms with Crippen molar-refractivity contribution < 1.29 is 4.74 Å². The van der Waals surface area contributed by atoms with E-state index in [-0.39, 0.29) is 24.0 Å². The Balaban J connectivity index is 0.00000400. The first-order valence-corrected chi connectivity index (χ1v) is 7.10. The summed E-state index contributed by atoms with van der Waals surface area (Å²) < 4.78 is 6.94. The molecule has 1 heterocycles. The molecule has 0 aliphatic carbocycles. The Labute approximate surface area is 144 Å². The molecular formula is C14H28IN5O. The molecule has 0 spiro atoms. The van der Waals surface area contributed by atoms with Gasteiger partial charge in [-0.2, -0.15) is 5.10 Å². The third-order valence-electron chi connectivity index (χ3n) is 3.24. The highest BCUT2D eigenvalue weighted by Crippen LogP contribution is 2.11. The molecule has 0 saturated carbocycles. The van der Waals surface area contributed by atoms with Crippen LogP contribution in [0.25, 0.3) is 0 Å². The first-order chi connectivity index (χ1) is 9.60. The summed E-state index contributed by atoms with van der Waals surface area (Å²) in [6.45, 7) is 9.21. The van der Waals surface area contributed by atoms with Gasteiger partial charge in [0.15, 0.2) is 5.96 Å². The third-order valence-corrected chi connectivity index (χ3v) is 3.24. The molecule has 0 bridgehead atoms. The van der Waals surface area contributed by atoms with Crippen LogP contribution in [0.4, 0.5) is 0 Å². The Morgan fingerprint density at radius 2 is 2.05 bits per heavy atom. The lowest BCUT2D eigenvalue weighted by Crippen LogP contribution is -2.38. The molecule has 0 fully saturated rings. The van der Waals surface area contributed by atoms with Gasteiger partial charge in [-0.15, -0.1) is 24.0 Å². The molecule has 21 heavy (non-hydrogen) atoms. The Kier molecular flexibility index (Phi) is 10.4. The predicted molar refractivity (Wildman–Crippen MR) is 97.7 cm³/mol. The summed E-state index contributed by atoms with van der Waals surface area (Å²) in [7, 11) is 3.67. The van der Waals surface area contributed by atoms with Crippen molar-refractivity contribution in [2.75, 3.05) is 33.4 Å². The molecule has 6 nitrogen and oxygen atoms in total. The first-order valence-electron chi connectivity index (χ1n) is 7.10. The standard InChI is InChI=1S/C14H27N5O.HI/c1-6-15-14(17-9-10-20-5)16-8-7-13-11(2)18-19(4)12(13)3;/h6-10H2,1-5H3,(H2,15,16,17);1H. The summed E-state index contributed by atoms with van der Waals surface area (Å²) in [6, 6.07) is 0. The molecule has 0 atom stereocenters. The zero-order chi connectivity index (χ0) is 15.0. The molecule has 1 aromatic heterocycles. The number of halogens is 1. The number of ether oxygens (including phenoxy) is 1. The van der Waals surface area contributed by atoms with Gasteiger partial charge in [0.1, 0.15) is 0 Å². The molecule has 122 valence electrons. The van der Waals surface area contributed by atoms with Gasteiger partial charge >= 0.3 is 0 Å². The van der Waals surface area contributed by atoms with Crippen LogP contribution < -0.4 is 10.6 Å². The van der Waals surface area contributed by atoms with E-state index in [1.54, 1.807) is 7.11 Å². The fourth-order valence-electron chi connectivity index (χ4n) is 2.08. The van der Waals surface area contributed by atoms with Crippen LogP contribution in [-0.4, -0.2) is 49.1 Å². The number of hydrogen-bond donors (Lipinski definition) is 2. The van der Waals surface area contributed by atoms with Gasteiger partial charge in [0.25, 0.3) is 0 Å². The maximum Gasteiger partial charge on any atom is 0.191 e. The monoisotopic (exact) mass is 409 g/mol. The molecule has 0 aromatic carbocycles. The fraction of sp³-hybridized carbons (Fsp3) is 0.714. The number of rotatable bonds is 7. The van der Waals surface area contributed by atoms with Gasteiger partial charge in [0, 0.05) is 32.9 Å². The van der Waals surface area contributed by atoms with E-state index in [1.165, 1.54) is 11.3 Å². The topological polar surface area (TPSA) is 63.5 Å². The van der Waals surface area contributed by atoms with Crippen LogP contribution in [-0.2, 0) is 18.2 Å². The van der Waals surface area contributed by atoms with Gasteiger partial charge in [-0.25, -0.2) is 0 Å². The van der Waals surface area contributed by atoms with Gasteiger partial charge < -0.3 is 15.4 Å². The normalized spacial score (nSPS) is 11.2. The van der Waals surface area contributed by atoms with Crippen LogP contribution in [0.3, 0.4) is 0 Å². The van der Waals surface area contributed by atoms with E-state index in [1.807, 2.05) is 11.7 Å². The van der Waals surface area contributed by atoms with E-state index < -0.39 is 0 Å². The average molecular weight is 409 g/mol. The van der Waals surface area contributed by atoms with Crippen molar-refractivity contribution in [3.8, 4) is 0 Å². The van der Waals surface area contributed by atoms with E-state index in [9.17, 15) is 0 Å². The molecule has 2 N–H and O–H groups in total. The minimum atomic E-state index is 0. The third kappa shape index (κ3) is 6.64. The molecular weight excluding hydrogens is 381 g/mol. The summed E-state index contributed by atoms with van der Waals surface area (Å²) >= 11 is 0. The van der Waals surface area contributed by atoms with E-state index in [0.717, 1.165) is 31.2 Å². The molecule has 0 amide bonds. The summed E-state index contributed by atoms with van der Waals surface area (Å²) in [6.07, 6.45) is 0.945. The number of aliphatic imine (C=N–C) groups is 1. The van der Waals surface area contributed by atoms with E-state index in [4.69, 9.17) is 4.74 Å². The minimum absolute atomic E-state index is 0. The molecule has 0 radical (unpaired) electrons. The van der Waals surface area contributed by atoms with Gasteiger partial charge in [-0.1, -0.05) is 0 Å². The predicted octanol–water partition coefficient (Wildman–Crippen LogP) is 1.40. The van der Waals surface area contributed by atoms with Crippen LogP contribution in [0.15, 0.2) is 4.99 Å². The Morgan fingerprint density at radius 1 is 1.33 bits per heavy atom. The summed E-state index contributed by atoms with van der Waals surface area (Å²) in [4.78, 5) is 4.43. The van der Waals surface area contributed by atoms with Crippen molar-refractivity contribution in [2.24, 2.45) is 12.0 Å². The summed E-state index contributed by atoms with van der Waals surface area (Å²) in [5.74, 6) is 0.837. The molecule has 0 saturated heterocycles. The van der Waals surface area contributed by atoms with E-state index >= 15 is 0 Å². The second-order valence-corrected chi connectivity index (χ2v) is 4.70. The number of hydrogen-bond acceptors (Lipinski definition) is 3. The smallest absolute Gasteiger partial charge is 0.191 e. The summed E-state index contributed by atoms with van der Waals surface area (Å²) in [5, 5.41) is 11.0. The Hall–Kier alpha value is -0.830. The van der Waals surface area contributed by atoms with Crippen molar-refractivity contribution in [1.82, 2.24) is 20.4 Å². The van der Waals surface area contributed by atoms with Crippen LogP contribution in [0.1, 0.15) is 23.9 Å². The first kappa shape index (κ1) is 20.2. The minimum Gasteiger partial charge on any atom is -0.383 e. The van der Waals surface area contributed by atoms with E-state index in [2.05, 4.69) is 41.5 Å². The highest BCUT2D eigenvalue weighted by atomic mass is 127.